The average molecular weight is 212 g/mol. The Morgan fingerprint density at radius 3 is 2.87 bits per heavy atom. The fourth-order valence-electron chi connectivity index (χ4n) is 3.70. The minimum Gasteiger partial charge on any atom is -0.387 e. The molecular weight excluding hydrogens is 188 g/mol. The predicted molar refractivity (Wildman–Crippen MR) is 60.7 cm³/mol. The lowest BCUT2D eigenvalue weighted by molar-refractivity contribution is -0.117. The molecule has 15 heavy (non-hydrogen) atoms. The maximum atomic E-state index is 10.7. The maximum Gasteiger partial charge on any atom is 0.0938 e. The van der Waals surface area contributed by atoms with Gasteiger partial charge in [-0.15, -0.1) is 0 Å². The zero-order valence-corrected chi connectivity index (χ0v) is 10.0. The Labute approximate surface area is 93.0 Å². The largest absolute Gasteiger partial charge is 0.387 e. The summed E-state index contributed by atoms with van der Waals surface area (Å²) in [6.45, 7) is 5.76. The third kappa shape index (κ3) is 1.94. The van der Waals surface area contributed by atoms with Crippen LogP contribution in [0.15, 0.2) is 0 Å². The van der Waals surface area contributed by atoms with Crippen LogP contribution in [0.25, 0.3) is 0 Å². The van der Waals surface area contributed by atoms with Gasteiger partial charge in [0.25, 0.3) is 0 Å². The first-order valence-corrected chi connectivity index (χ1v) is 6.48. The summed E-state index contributed by atoms with van der Waals surface area (Å²) in [5.41, 5.74) is -0.493. The van der Waals surface area contributed by atoms with Gasteiger partial charge in [0.15, 0.2) is 0 Å². The quantitative estimate of drug-likeness (QED) is 0.726. The summed E-state index contributed by atoms with van der Waals surface area (Å²) in [5, 5.41) is 10.7. The Balaban J connectivity index is 2.00. The van der Waals surface area contributed by atoms with Crippen molar-refractivity contribution in [3.63, 3.8) is 0 Å². The van der Waals surface area contributed by atoms with Gasteiger partial charge in [0, 0.05) is 6.61 Å². The van der Waals surface area contributed by atoms with Crippen molar-refractivity contribution in [3.8, 4) is 0 Å². The first-order chi connectivity index (χ1) is 7.18. The van der Waals surface area contributed by atoms with E-state index in [2.05, 4.69) is 13.8 Å². The molecule has 2 heteroatoms. The Morgan fingerprint density at radius 1 is 1.40 bits per heavy atom. The van der Waals surface area contributed by atoms with Gasteiger partial charge in [0.1, 0.15) is 0 Å². The molecule has 2 fully saturated rings. The topological polar surface area (TPSA) is 29.5 Å². The normalized spacial score (nSPS) is 44.6. The van der Waals surface area contributed by atoms with Crippen LogP contribution >= 0.6 is 0 Å². The van der Waals surface area contributed by atoms with Crippen LogP contribution in [0.5, 0.6) is 0 Å². The molecule has 0 heterocycles. The molecule has 2 saturated carbocycles. The molecule has 88 valence electrons. The SMILES string of the molecule is CCCOC[C@@]1(O)C2CCC[C@@H]1[C@@H](C)C2. The Morgan fingerprint density at radius 2 is 2.20 bits per heavy atom. The third-order valence-corrected chi connectivity index (χ3v) is 4.44. The highest BCUT2D eigenvalue weighted by atomic mass is 16.5. The van der Waals surface area contributed by atoms with Crippen molar-refractivity contribution in [1.29, 1.82) is 0 Å². The highest BCUT2D eigenvalue weighted by molar-refractivity contribution is 5.04. The molecule has 4 atom stereocenters. The van der Waals surface area contributed by atoms with Gasteiger partial charge in [-0.3, -0.25) is 0 Å². The van der Waals surface area contributed by atoms with Crippen LogP contribution in [0.3, 0.4) is 0 Å². The molecule has 2 nitrogen and oxygen atoms in total. The number of aliphatic hydroxyl groups is 1. The molecule has 1 unspecified atom stereocenters. The predicted octanol–water partition coefficient (Wildman–Crippen LogP) is 2.60. The summed E-state index contributed by atoms with van der Waals surface area (Å²) in [6, 6.07) is 0. The zero-order chi connectivity index (χ0) is 10.9. The third-order valence-electron chi connectivity index (χ3n) is 4.44. The molecule has 0 aromatic heterocycles. The van der Waals surface area contributed by atoms with E-state index in [9.17, 15) is 5.11 Å². The Hall–Kier alpha value is -0.0800. The average Bonchev–Trinajstić information content (AvgIpc) is 2.39. The van der Waals surface area contributed by atoms with Gasteiger partial charge < -0.3 is 9.84 Å². The van der Waals surface area contributed by atoms with Gasteiger partial charge in [-0.05, 0) is 43.4 Å². The van der Waals surface area contributed by atoms with Crippen LogP contribution in [0.1, 0.15) is 46.0 Å². The van der Waals surface area contributed by atoms with Gasteiger partial charge in [0.2, 0.25) is 0 Å². The van der Waals surface area contributed by atoms with Gasteiger partial charge in [-0.25, -0.2) is 0 Å². The van der Waals surface area contributed by atoms with Gasteiger partial charge in [-0.1, -0.05) is 20.3 Å². The van der Waals surface area contributed by atoms with E-state index in [0.717, 1.165) is 13.0 Å². The van der Waals surface area contributed by atoms with Crippen LogP contribution in [0, 0.1) is 17.8 Å². The maximum absolute atomic E-state index is 10.7. The second-order valence-electron chi connectivity index (χ2n) is 5.49. The van der Waals surface area contributed by atoms with Crippen molar-refractivity contribution in [2.75, 3.05) is 13.2 Å². The van der Waals surface area contributed by atoms with Crippen LogP contribution in [-0.2, 0) is 4.74 Å². The number of hydrogen-bond acceptors (Lipinski definition) is 2. The number of hydrogen-bond donors (Lipinski definition) is 1. The lowest BCUT2D eigenvalue weighted by atomic mass is 9.74. The highest BCUT2D eigenvalue weighted by Gasteiger charge is 2.54. The molecular formula is C13H24O2. The molecule has 0 spiro atoms. The molecule has 0 aromatic rings. The van der Waals surface area contributed by atoms with Gasteiger partial charge in [0.05, 0.1) is 12.2 Å². The lowest BCUT2D eigenvalue weighted by Crippen LogP contribution is -2.47. The number of ether oxygens (including phenoxy) is 1. The van der Waals surface area contributed by atoms with Crippen molar-refractivity contribution in [2.24, 2.45) is 17.8 Å². The van der Waals surface area contributed by atoms with Gasteiger partial charge >= 0.3 is 0 Å². The second kappa shape index (κ2) is 4.42. The van der Waals surface area contributed by atoms with E-state index in [1.54, 1.807) is 0 Å². The van der Waals surface area contributed by atoms with Crippen molar-refractivity contribution < 1.29 is 9.84 Å². The molecule has 0 saturated heterocycles. The van der Waals surface area contributed by atoms with E-state index in [1.807, 2.05) is 0 Å². The molecule has 0 aromatic carbocycles. The number of rotatable bonds is 4. The fraction of sp³-hybridized carbons (Fsp3) is 1.00. The second-order valence-corrected chi connectivity index (χ2v) is 5.49. The minimum atomic E-state index is -0.493. The molecule has 2 aliphatic carbocycles. The van der Waals surface area contributed by atoms with Crippen molar-refractivity contribution in [2.45, 2.75) is 51.6 Å². The number of fused-ring (bicyclic) bond motifs is 2. The van der Waals surface area contributed by atoms with Crippen LogP contribution in [-0.4, -0.2) is 23.9 Å². The molecule has 0 radical (unpaired) electrons. The summed E-state index contributed by atoms with van der Waals surface area (Å²) < 4.78 is 5.60. The zero-order valence-electron chi connectivity index (χ0n) is 10.0. The van der Waals surface area contributed by atoms with E-state index in [1.165, 1.54) is 25.7 Å². The summed E-state index contributed by atoms with van der Waals surface area (Å²) in [7, 11) is 0. The van der Waals surface area contributed by atoms with Gasteiger partial charge in [-0.2, -0.15) is 0 Å². The van der Waals surface area contributed by atoms with E-state index in [-0.39, 0.29) is 0 Å². The fourth-order valence-corrected chi connectivity index (χ4v) is 3.70. The highest BCUT2D eigenvalue weighted by Crippen LogP contribution is 2.52. The smallest absolute Gasteiger partial charge is 0.0938 e. The van der Waals surface area contributed by atoms with Crippen molar-refractivity contribution in [1.82, 2.24) is 0 Å². The minimum absolute atomic E-state index is 0.493. The monoisotopic (exact) mass is 212 g/mol. The Bertz CT molecular complexity index is 217. The van der Waals surface area contributed by atoms with E-state index in [4.69, 9.17) is 4.74 Å². The van der Waals surface area contributed by atoms with Crippen LogP contribution in [0.4, 0.5) is 0 Å². The van der Waals surface area contributed by atoms with Crippen LogP contribution < -0.4 is 0 Å². The Kier molecular flexibility index (Phi) is 3.36. The first kappa shape index (κ1) is 11.4. The molecule has 2 bridgehead atoms. The molecule has 2 rings (SSSR count). The van der Waals surface area contributed by atoms with Crippen LogP contribution in [0.2, 0.25) is 0 Å². The van der Waals surface area contributed by atoms with E-state index < -0.39 is 5.60 Å². The summed E-state index contributed by atoms with van der Waals surface area (Å²) in [5.74, 6) is 1.68. The van der Waals surface area contributed by atoms with Crippen molar-refractivity contribution in [3.05, 3.63) is 0 Å². The molecule has 0 amide bonds. The summed E-state index contributed by atoms with van der Waals surface area (Å²) >= 11 is 0. The van der Waals surface area contributed by atoms with E-state index in [0.29, 0.717) is 24.4 Å². The van der Waals surface area contributed by atoms with Crippen molar-refractivity contribution >= 4 is 0 Å². The molecule has 0 aliphatic heterocycles. The van der Waals surface area contributed by atoms with E-state index >= 15 is 0 Å². The summed E-state index contributed by atoms with van der Waals surface area (Å²) in [6.07, 6.45) is 5.95. The summed E-state index contributed by atoms with van der Waals surface area (Å²) in [4.78, 5) is 0. The lowest BCUT2D eigenvalue weighted by Gasteiger charge is -2.39. The first-order valence-electron chi connectivity index (χ1n) is 6.48. The molecule has 1 N–H and O–H groups in total. The molecule has 2 aliphatic rings. The standard InChI is InChI=1S/C13H24O2/c1-3-7-15-9-13(14)11-5-4-6-12(13)10(2)8-11/h10-12,14H,3-9H2,1-2H3/t10-,11?,12+,13+/m0/s1.